The van der Waals surface area contributed by atoms with Gasteiger partial charge >= 0.3 is 12.3 Å². The fraction of sp³-hybridized carbons (Fsp3) is 0.333. The first kappa shape index (κ1) is 18.7. The number of carbonyl (C=O) groups is 1. The third-order valence-electron chi connectivity index (χ3n) is 5.46. The highest BCUT2D eigenvalue weighted by atomic mass is 19.3. The molecule has 0 bridgehead atoms. The van der Waals surface area contributed by atoms with E-state index in [1.54, 1.807) is 4.90 Å². The largest absolute Gasteiger partial charge is 0.586 e. The Bertz CT molecular complexity index is 1130. The number of halogens is 2. The number of anilines is 1. The van der Waals surface area contributed by atoms with Gasteiger partial charge in [-0.3, -0.25) is 0 Å². The molecule has 7 nitrogen and oxygen atoms in total. The van der Waals surface area contributed by atoms with E-state index in [1.807, 2.05) is 24.3 Å². The number of aryl methyl sites for hydroxylation is 1. The summed E-state index contributed by atoms with van der Waals surface area (Å²) in [5.74, 6) is 0.689. The molecule has 2 aromatic carbocycles. The van der Waals surface area contributed by atoms with E-state index in [1.165, 1.54) is 18.2 Å². The van der Waals surface area contributed by atoms with Crippen LogP contribution in [0.2, 0.25) is 0 Å². The lowest BCUT2D eigenvalue weighted by atomic mass is 10.2. The molecule has 156 valence electrons. The van der Waals surface area contributed by atoms with E-state index in [9.17, 15) is 13.6 Å². The maximum Gasteiger partial charge on any atom is 0.586 e. The van der Waals surface area contributed by atoms with Gasteiger partial charge in [0.1, 0.15) is 5.82 Å². The first-order chi connectivity index (χ1) is 14.4. The molecule has 2 amide bonds. The highest BCUT2D eigenvalue weighted by Crippen LogP contribution is 2.42. The highest BCUT2D eigenvalue weighted by Gasteiger charge is 2.43. The van der Waals surface area contributed by atoms with Crippen molar-refractivity contribution in [3.63, 3.8) is 0 Å². The molecule has 1 saturated heterocycles. The zero-order chi connectivity index (χ0) is 20.9. The van der Waals surface area contributed by atoms with Crippen molar-refractivity contribution in [1.29, 1.82) is 0 Å². The quantitative estimate of drug-likeness (QED) is 0.672. The van der Waals surface area contributed by atoms with Crippen LogP contribution in [-0.4, -0.2) is 33.3 Å². The number of hydrogen-bond acceptors (Lipinski definition) is 4. The molecular formula is C21H20F2N4O3. The van der Waals surface area contributed by atoms with Gasteiger partial charge in [-0.1, -0.05) is 12.1 Å². The predicted molar refractivity (Wildman–Crippen MR) is 106 cm³/mol. The lowest BCUT2D eigenvalue weighted by Gasteiger charge is -2.25. The molecule has 2 aliphatic rings. The molecule has 0 aliphatic carbocycles. The van der Waals surface area contributed by atoms with Crippen LogP contribution in [0.4, 0.5) is 19.3 Å². The van der Waals surface area contributed by atoms with Gasteiger partial charge in [0.2, 0.25) is 0 Å². The molecule has 3 heterocycles. The maximum absolute atomic E-state index is 13.2. The van der Waals surface area contributed by atoms with Gasteiger partial charge in [-0.2, -0.15) is 0 Å². The second kappa shape index (κ2) is 6.86. The molecule has 1 atom stereocenters. The average molecular weight is 414 g/mol. The van der Waals surface area contributed by atoms with Crippen molar-refractivity contribution >= 4 is 22.8 Å². The Labute approximate surface area is 171 Å². The third kappa shape index (κ3) is 3.10. The van der Waals surface area contributed by atoms with Crippen LogP contribution in [0.3, 0.4) is 0 Å². The van der Waals surface area contributed by atoms with Crippen LogP contribution in [0.5, 0.6) is 11.5 Å². The molecule has 30 heavy (non-hydrogen) atoms. The molecule has 9 heteroatoms. The third-order valence-corrected chi connectivity index (χ3v) is 5.46. The topological polar surface area (TPSA) is 68.6 Å². The predicted octanol–water partition coefficient (Wildman–Crippen LogP) is 4.75. The van der Waals surface area contributed by atoms with Gasteiger partial charge in [-0.15, -0.1) is 8.78 Å². The summed E-state index contributed by atoms with van der Waals surface area (Å²) in [6.45, 7) is 3.39. The number of likely N-dealkylation sites (tertiary alicyclic amines) is 1. The van der Waals surface area contributed by atoms with Crippen LogP contribution in [0.1, 0.15) is 31.6 Å². The highest BCUT2D eigenvalue weighted by molar-refractivity contribution is 5.90. The average Bonchev–Trinajstić information content (AvgIpc) is 3.40. The van der Waals surface area contributed by atoms with Crippen molar-refractivity contribution in [2.75, 3.05) is 11.9 Å². The number of alkyl halides is 2. The zero-order valence-corrected chi connectivity index (χ0v) is 16.3. The maximum atomic E-state index is 13.2. The summed E-state index contributed by atoms with van der Waals surface area (Å²) in [6, 6.07) is 11.6. The van der Waals surface area contributed by atoms with Gasteiger partial charge in [0.05, 0.1) is 17.1 Å². The van der Waals surface area contributed by atoms with E-state index in [2.05, 4.69) is 26.3 Å². The number of nitrogens with one attached hydrogen (secondary N) is 1. The van der Waals surface area contributed by atoms with E-state index in [4.69, 9.17) is 4.98 Å². The Balaban J connectivity index is 1.39. The Morgan fingerprint density at radius 2 is 2.03 bits per heavy atom. The fourth-order valence-electron chi connectivity index (χ4n) is 4.18. The van der Waals surface area contributed by atoms with E-state index >= 15 is 0 Å². The number of rotatable bonds is 3. The standard InChI is InChI=1S/C21H20F2N4O3/c1-2-26-15-7-4-3-6-14(15)25-19(26)16-8-5-11-27(16)20(28)24-13-9-10-17-18(12-13)30-21(22,23)29-17/h3-4,6-7,9-10,12,16H,2,5,8,11H2,1H3,(H,24,28). The van der Waals surface area contributed by atoms with Crippen molar-refractivity contribution in [3.05, 3.63) is 48.3 Å². The van der Waals surface area contributed by atoms with E-state index in [0.29, 0.717) is 12.2 Å². The van der Waals surface area contributed by atoms with Gasteiger partial charge in [0, 0.05) is 24.8 Å². The number of benzene rings is 2. The van der Waals surface area contributed by atoms with Crippen LogP contribution in [0, 0.1) is 0 Å². The first-order valence-electron chi connectivity index (χ1n) is 9.88. The van der Waals surface area contributed by atoms with Crippen molar-refractivity contribution in [2.45, 2.75) is 38.6 Å². The number of para-hydroxylation sites is 2. The molecule has 1 aromatic heterocycles. The van der Waals surface area contributed by atoms with Crippen LogP contribution in [-0.2, 0) is 6.54 Å². The summed E-state index contributed by atoms with van der Waals surface area (Å²) in [5, 5.41) is 2.78. The Morgan fingerprint density at radius 1 is 1.23 bits per heavy atom. The van der Waals surface area contributed by atoms with Crippen molar-refractivity contribution in [1.82, 2.24) is 14.5 Å². The number of nitrogens with zero attached hydrogens (tertiary/aromatic N) is 3. The number of carbonyl (C=O) groups excluding carboxylic acids is 1. The Kier molecular flexibility index (Phi) is 4.27. The lowest BCUT2D eigenvalue weighted by molar-refractivity contribution is -0.286. The molecule has 1 fully saturated rings. The minimum Gasteiger partial charge on any atom is -0.395 e. The van der Waals surface area contributed by atoms with Gasteiger partial charge in [-0.05, 0) is 44.0 Å². The minimum atomic E-state index is -3.69. The molecule has 3 aromatic rings. The Hall–Kier alpha value is -3.36. The van der Waals surface area contributed by atoms with E-state index in [0.717, 1.165) is 36.2 Å². The zero-order valence-electron chi connectivity index (χ0n) is 16.3. The Morgan fingerprint density at radius 3 is 2.87 bits per heavy atom. The number of ether oxygens (including phenoxy) is 2. The smallest absolute Gasteiger partial charge is 0.395 e. The fourth-order valence-corrected chi connectivity index (χ4v) is 4.18. The number of hydrogen-bond donors (Lipinski definition) is 1. The molecule has 2 aliphatic heterocycles. The summed E-state index contributed by atoms with van der Waals surface area (Å²) >= 11 is 0. The summed E-state index contributed by atoms with van der Waals surface area (Å²) in [7, 11) is 0. The molecule has 0 spiro atoms. The normalized spacial score (nSPS) is 19.4. The van der Waals surface area contributed by atoms with Crippen molar-refractivity contribution in [2.24, 2.45) is 0 Å². The van der Waals surface area contributed by atoms with Crippen LogP contribution in [0.25, 0.3) is 11.0 Å². The summed E-state index contributed by atoms with van der Waals surface area (Å²) in [6.07, 6.45) is -2.02. The molecule has 5 rings (SSSR count). The monoisotopic (exact) mass is 414 g/mol. The second-order valence-corrected chi connectivity index (χ2v) is 7.31. The molecular weight excluding hydrogens is 394 g/mol. The van der Waals surface area contributed by atoms with Crippen LogP contribution in [0.15, 0.2) is 42.5 Å². The van der Waals surface area contributed by atoms with Crippen molar-refractivity contribution < 1.29 is 23.0 Å². The van der Waals surface area contributed by atoms with Gasteiger partial charge < -0.3 is 24.3 Å². The van der Waals surface area contributed by atoms with E-state index in [-0.39, 0.29) is 23.6 Å². The first-order valence-corrected chi connectivity index (χ1v) is 9.88. The minimum absolute atomic E-state index is 0.0614. The summed E-state index contributed by atoms with van der Waals surface area (Å²) in [5.41, 5.74) is 2.30. The number of urea groups is 1. The number of fused-ring (bicyclic) bond motifs is 2. The number of aromatic nitrogens is 2. The van der Waals surface area contributed by atoms with Crippen LogP contribution >= 0.6 is 0 Å². The number of imidazole rings is 1. The SMILES string of the molecule is CCn1c(C2CCCN2C(=O)Nc2ccc3c(c2)OC(F)(F)O3)nc2ccccc21. The van der Waals surface area contributed by atoms with Gasteiger partial charge in [0.15, 0.2) is 11.5 Å². The van der Waals surface area contributed by atoms with Crippen LogP contribution < -0.4 is 14.8 Å². The lowest BCUT2D eigenvalue weighted by Crippen LogP contribution is -2.35. The molecule has 0 saturated carbocycles. The van der Waals surface area contributed by atoms with Gasteiger partial charge in [0.25, 0.3) is 0 Å². The van der Waals surface area contributed by atoms with Crippen molar-refractivity contribution in [3.8, 4) is 11.5 Å². The van der Waals surface area contributed by atoms with Gasteiger partial charge in [-0.25, -0.2) is 9.78 Å². The molecule has 0 radical (unpaired) electrons. The molecule has 1 unspecified atom stereocenters. The summed E-state index contributed by atoms with van der Waals surface area (Å²) < 4.78 is 37.4. The number of amides is 2. The molecule has 1 N–H and O–H groups in total. The summed E-state index contributed by atoms with van der Waals surface area (Å²) in [4.78, 5) is 19.5. The van der Waals surface area contributed by atoms with E-state index < -0.39 is 6.29 Å². The second-order valence-electron chi connectivity index (χ2n) is 7.31.